The zero-order valence-electron chi connectivity index (χ0n) is 5.54. The fourth-order valence-electron chi connectivity index (χ4n) is 0.648. The Morgan fingerprint density at radius 2 is 2.27 bits per heavy atom. The van der Waals surface area contributed by atoms with Crippen LogP contribution in [-0.2, 0) is 0 Å². The van der Waals surface area contributed by atoms with Gasteiger partial charge in [-0.1, -0.05) is 5.21 Å². The van der Waals surface area contributed by atoms with Crippen LogP contribution in [0.1, 0.15) is 11.7 Å². The number of tetrazole rings is 1. The van der Waals surface area contributed by atoms with Crippen LogP contribution in [0.2, 0.25) is 0 Å². The number of H-pyrrole nitrogens is 1. The molecule has 5 nitrogen and oxygen atoms in total. The fraction of sp³-hybridized carbons (Fsp3) is 0.750. The lowest BCUT2D eigenvalue weighted by atomic mass is 10.1. The van der Waals surface area contributed by atoms with Crippen LogP contribution in [0.3, 0.4) is 0 Å². The van der Waals surface area contributed by atoms with Gasteiger partial charge in [0, 0.05) is 6.54 Å². The number of aromatic nitrogens is 4. The van der Waals surface area contributed by atoms with Crippen molar-refractivity contribution in [2.24, 2.45) is 5.73 Å². The van der Waals surface area contributed by atoms with E-state index in [0.717, 1.165) is 0 Å². The van der Waals surface area contributed by atoms with E-state index in [4.69, 9.17) is 5.73 Å². The van der Waals surface area contributed by atoms with Crippen LogP contribution in [0, 0.1) is 0 Å². The second-order valence-corrected chi connectivity index (χ2v) is 1.95. The van der Waals surface area contributed by atoms with Gasteiger partial charge in [0.05, 0.1) is 5.92 Å². The number of nitrogens with one attached hydrogen (secondary N) is 1. The quantitative estimate of drug-likeness (QED) is 0.629. The second-order valence-electron chi connectivity index (χ2n) is 1.95. The predicted octanol–water partition coefficient (Wildman–Crippen LogP) is -0.493. The smallest absolute Gasteiger partial charge is 0.249 e. The molecule has 0 spiro atoms. The maximum atomic E-state index is 12.1. The van der Waals surface area contributed by atoms with E-state index in [1.807, 2.05) is 0 Å². The van der Waals surface area contributed by atoms with E-state index in [1.165, 1.54) is 0 Å². The zero-order chi connectivity index (χ0) is 8.27. The van der Waals surface area contributed by atoms with Gasteiger partial charge < -0.3 is 5.73 Å². The monoisotopic (exact) mass is 163 g/mol. The molecule has 11 heavy (non-hydrogen) atoms. The molecule has 0 bridgehead atoms. The SMILES string of the molecule is NCC(c1nn[nH]n1)C(F)F. The molecule has 1 unspecified atom stereocenters. The Balaban J connectivity index is 2.71. The summed E-state index contributed by atoms with van der Waals surface area (Å²) in [6.07, 6.45) is -2.54. The second kappa shape index (κ2) is 3.33. The van der Waals surface area contributed by atoms with Gasteiger partial charge >= 0.3 is 0 Å². The Morgan fingerprint density at radius 3 is 2.64 bits per heavy atom. The summed E-state index contributed by atoms with van der Waals surface area (Å²) in [7, 11) is 0. The van der Waals surface area contributed by atoms with Crippen LogP contribution in [0.4, 0.5) is 8.78 Å². The Bertz CT molecular complexity index is 198. The van der Waals surface area contributed by atoms with E-state index in [1.54, 1.807) is 0 Å². The first-order valence-corrected chi connectivity index (χ1v) is 2.97. The summed E-state index contributed by atoms with van der Waals surface area (Å²) in [5.74, 6) is -1.16. The first-order valence-electron chi connectivity index (χ1n) is 2.97. The molecule has 1 aromatic rings. The molecule has 62 valence electrons. The average Bonchev–Trinajstić information content (AvgIpc) is 2.40. The molecular weight excluding hydrogens is 156 g/mol. The largest absolute Gasteiger partial charge is 0.330 e. The highest BCUT2D eigenvalue weighted by Crippen LogP contribution is 2.16. The molecule has 0 aliphatic carbocycles. The van der Waals surface area contributed by atoms with Crippen molar-refractivity contribution in [3.8, 4) is 0 Å². The minimum atomic E-state index is -2.54. The highest BCUT2D eigenvalue weighted by molar-refractivity contribution is 4.92. The van der Waals surface area contributed by atoms with Gasteiger partial charge in [-0.15, -0.1) is 10.2 Å². The fourth-order valence-corrected chi connectivity index (χ4v) is 0.648. The molecule has 1 aromatic heterocycles. The number of halogens is 2. The topological polar surface area (TPSA) is 80.5 Å². The van der Waals surface area contributed by atoms with Gasteiger partial charge in [-0.25, -0.2) is 8.78 Å². The highest BCUT2D eigenvalue weighted by atomic mass is 19.3. The van der Waals surface area contributed by atoms with Crippen LogP contribution in [-0.4, -0.2) is 33.6 Å². The van der Waals surface area contributed by atoms with Gasteiger partial charge in [0.2, 0.25) is 6.43 Å². The van der Waals surface area contributed by atoms with Gasteiger partial charge in [-0.05, 0) is 0 Å². The Labute approximate surface area is 61.0 Å². The molecular formula is C4H7F2N5. The third-order valence-electron chi connectivity index (χ3n) is 1.25. The number of aromatic amines is 1. The van der Waals surface area contributed by atoms with Crippen LogP contribution in [0.25, 0.3) is 0 Å². The molecule has 0 aliphatic rings. The minimum absolute atomic E-state index is 0.0394. The number of rotatable bonds is 3. The zero-order valence-corrected chi connectivity index (χ0v) is 5.54. The molecule has 0 radical (unpaired) electrons. The van der Waals surface area contributed by atoms with Gasteiger partial charge in [-0.2, -0.15) is 5.21 Å². The normalized spacial score (nSPS) is 13.8. The van der Waals surface area contributed by atoms with Crippen molar-refractivity contribution in [2.75, 3.05) is 6.54 Å². The maximum absolute atomic E-state index is 12.1. The lowest BCUT2D eigenvalue weighted by molar-refractivity contribution is 0.113. The summed E-state index contributed by atoms with van der Waals surface area (Å²) in [6.45, 7) is -0.183. The van der Waals surface area contributed by atoms with E-state index < -0.39 is 12.3 Å². The van der Waals surface area contributed by atoms with Crippen LogP contribution in [0.15, 0.2) is 0 Å². The predicted molar refractivity (Wildman–Crippen MR) is 32.0 cm³/mol. The van der Waals surface area contributed by atoms with Crippen LogP contribution >= 0.6 is 0 Å². The molecule has 1 heterocycles. The number of hydrogen-bond donors (Lipinski definition) is 2. The molecule has 0 amide bonds. The molecule has 0 aromatic carbocycles. The molecule has 7 heteroatoms. The van der Waals surface area contributed by atoms with Crippen LogP contribution in [0.5, 0.6) is 0 Å². The third kappa shape index (κ3) is 1.67. The molecule has 0 saturated heterocycles. The maximum Gasteiger partial charge on any atom is 0.249 e. The van der Waals surface area contributed by atoms with Crippen molar-refractivity contribution in [1.82, 2.24) is 20.6 Å². The Kier molecular flexibility index (Phi) is 2.42. The average molecular weight is 163 g/mol. The number of nitrogens with two attached hydrogens (primary N) is 1. The minimum Gasteiger partial charge on any atom is -0.330 e. The molecule has 0 saturated carbocycles. The Hall–Kier alpha value is -1.11. The van der Waals surface area contributed by atoms with Gasteiger partial charge in [0.15, 0.2) is 5.82 Å². The number of hydrogen-bond acceptors (Lipinski definition) is 4. The van der Waals surface area contributed by atoms with Crippen molar-refractivity contribution in [3.05, 3.63) is 5.82 Å². The van der Waals surface area contributed by atoms with Crippen molar-refractivity contribution in [3.63, 3.8) is 0 Å². The summed E-state index contributed by atoms with van der Waals surface area (Å²) < 4.78 is 24.1. The van der Waals surface area contributed by atoms with E-state index in [2.05, 4.69) is 20.6 Å². The van der Waals surface area contributed by atoms with Crippen molar-refractivity contribution >= 4 is 0 Å². The molecule has 1 rings (SSSR count). The molecule has 1 atom stereocenters. The first-order chi connectivity index (χ1) is 5.25. The number of nitrogens with zero attached hydrogens (tertiary/aromatic N) is 3. The van der Waals surface area contributed by atoms with Gasteiger partial charge in [-0.3, -0.25) is 0 Å². The first kappa shape index (κ1) is 7.99. The summed E-state index contributed by atoms with van der Waals surface area (Å²) >= 11 is 0. The lowest BCUT2D eigenvalue weighted by Crippen LogP contribution is -2.20. The Morgan fingerprint density at radius 1 is 1.55 bits per heavy atom. The van der Waals surface area contributed by atoms with Gasteiger partial charge in [0.1, 0.15) is 0 Å². The highest BCUT2D eigenvalue weighted by Gasteiger charge is 2.24. The standard InChI is InChI=1S/C4H7F2N5/c5-3(6)2(1-7)4-8-10-11-9-4/h2-3H,1,7H2,(H,8,9,10,11). The van der Waals surface area contributed by atoms with E-state index in [-0.39, 0.29) is 12.4 Å². The lowest BCUT2D eigenvalue weighted by Gasteiger charge is -2.06. The van der Waals surface area contributed by atoms with Crippen molar-refractivity contribution < 1.29 is 8.78 Å². The van der Waals surface area contributed by atoms with Crippen molar-refractivity contribution in [1.29, 1.82) is 0 Å². The van der Waals surface area contributed by atoms with Crippen LogP contribution < -0.4 is 5.73 Å². The third-order valence-corrected chi connectivity index (χ3v) is 1.25. The molecule has 0 aliphatic heterocycles. The summed E-state index contributed by atoms with van der Waals surface area (Å²) in [4.78, 5) is 0. The molecule has 0 fully saturated rings. The summed E-state index contributed by atoms with van der Waals surface area (Å²) in [6, 6.07) is 0. The summed E-state index contributed by atoms with van der Waals surface area (Å²) in [5.41, 5.74) is 5.06. The summed E-state index contributed by atoms with van der Waals surface area (Å²) in [5, 5.41) is 12.0. The van der Waals surface area contributed by atoms with Crippen molar-refractivity contribution in [2.45, 2.75) is 12.3 Å². The van der Waals surface area contributed by atoms with E-state index in [0.29, 0.717) is 0 Å². The number of alkyl halides is 2. The van der Waals surface area contributed by atoms with E-state index >= 15 is 0 Å². The van der Waals surface area contributed by atoms with Gasteiger partial charge in [0.25, 0.3) is 0 Å². The molecule has 3 N–H and O–H groups in total. The van der Waals surface area contributed by atoms with E-state index in [9.17, 15) is 8.78 Å².